The van der Waals surface area contributed by atoms with Crippen LogP contribution < -0.4 is 16.0 Å². The van der Waals surface area contributed by atoms with Gasteiger partial charge in [-0.3, -0.25) is 4.79 Å². The summed E-state index contributed by atoms with van der Waals surface area (Å²) in [6, 6.07) is 15.1. The van der Waals surface area contributed by atoms with Crippen LogP contribution in [-0.4, -0.2) is 19.0 Å². The lowest BCUT2D eigenvalue weighted by molar-refractivity contribution is -0.117. The van der Waals surface area contributed by atoms with Crippen LogP contribution in [0.3, 0.4) is 0 Å². The van der Waals surface area contributed by atoms with Crippen molar-refractivity contribution in [1.82, 2.24) is 10.6 Å². The highest BCUT2D eigenvalue weighted by molar-refractivity contribution is 5.94. The summed E-state index contributed by atoms with van der Waals surface area (Å²) in [5, 5.41) is 8.75. The van der Waals surface area contributed by atoms with Crippen molar-refractivity contribution in [3.8, 4) is 0 Å². The van der Waals surface area contributed by atoms with Crippen LogP contribution in [0.15, 0.2) is 48.5 Å². The fraction of sp³-hybridized carbons (Fsp3) is 0.364. The van der Waals surface area contributed by atoms with E-state index in [4.69, 9.17) is 4.74 Å². The van der Waals surface area contributed by atoms with Gasteiger partial charge in [0.2, 0.25) is 5.91 Å². The summed E-state index contributed by atoms with van der Waals surface area (Å²) in [4.78, 5) is 24.1. The van der Waals surface area contributed by atoms with Crippen LogP contribution in [0.1, 0.15) is 42.5 Å². The minimum absolute atomic E-state index is 0.0899. The molecule has 3 N–H and O–H groups in total. The summed E-state index contributed by atoms with van der Waals surface area (Å²) < 4.78 is 5.19. The highest BCUT2D eigenvalue weighted by Crippen LogP contribution is 2.30. The summed E-state index contributed by atoms with van der Waals surface area (Å²) in [5.74, 6) is 0.269. The van der Waals surface area contributed by atoms with Crippen molar-refractivity contribution in [2.45, 2.75) is 39.0 Å². The van der Waals surface area contributed by atoms with E-state index in [2.05, 4.69) is 16.0 Å². The second-order valence-electron chi connectivity index (χ2n) is 7.14. The summed E-state index contributed by atoms with van der Waals surface area (Å²) in [5.41, 5.74) is 3.84. The van der Waals surface area contributed by atoms with E-state index < -0.39 is 0 Å². The van der Waals surface area contributed by atoms with Gasteiger partial charge in [0.1, 0.15) is 0 Å². The van der Waals surface area contributed by atoms with Crippen LogP contribution in [-0.2, 0) is 22.7 Å². The summed E-state index contributed by atoms with van der Waals surface area (Å²) in [6.07, 6.45) is 1.96. The summed E-state index contributed by atoms with van der Waals surface area (Å²) >= 11 is 0. The number of methoxy groups -OCH3 is 1. The number of carbonyl (C=O) groups excluding carboxylic acids is 2. The van der Waals surface area contributed by atoms with Crippen LogP contribution >= 0.6 is 0 Å². The number of ether oxygens (including phenoxy) is 1. The number of anilines is 1. The molecule has 1 fully saturated rings. The molecule has 6 heteroatoms. The van der Waals surface area contributed by atoms with Gasteiger partial charge in [-0.1, -0.05) is 36.4 Å². The zero-order valence-corrected chi connectivity index (χ0v) is 16.3. The topological polar surface area (TPSA) is 79.5 Å². The minimum Gasteiger partial charge on any atom is -0.380 e. The number of urea groups is 1. The molecule has 1 aliphatic carbocycles. The molecule has 6 nitrogen and oxygen atoms in total. The quantitative estimate of drug-likeness (QED) is 0.652. The van der Waals surface area contributed by atoms with Crippen molar-refractivity contribution < 1.29 is 14.3 Å². The molecule has 0 spiro atoms. The molecule has 0 aromatic heterocycles. The van der Waals surface area contributed by atoms with Crippen molar-refractivity contribution >= 4 is 17.6 Å². The van der Waals surface area contributed by atoms with Crippen molar-refractivity contribution in [3.63, 3.8) is 0 Å². The van der Waals surface area contributed by atoms with Gasteiger partial charge in [-0.15, -0.1) is 0 Å². The summed E-state index contributed by atoms with van der Waals surface area (Å²) in [6.45, 7) is 2.87. The molecule has 0 bridgehead atoms. The Morgan fingerprint density at radius 2 is 1.75 bits per heavy atom. The Bertz CT molecular complexity index is 816. The molecular formula is C22H27N3O3. The molecule has 0 radical (unpaired) electrons. The third kappa shape index (κ3) is 5.57. The monoisotopic (exact) mass is 381 g/mol. The number of benzene rings is 2. The van der Waals surface area contributed by atoms with E-state index in [0.29, 0.717) is 13.2 Å². The van der Waals surface area contributed by atoms with E-state index in [1.165, 1.54) is 0 Å². The lowest BCUT2D eigenvalue weighted by Crippen LogP contribution is -2.36. The van der Waals surface area contributed by atoms with E-state index in [1.807, 2.05) is 55.5 Å². The van der Waals surface area contributed by atoms with E-state index in [9.17, 15) is 9.59 Å². The number of hydrogen-bond acceptors (Lipinski definition) is 3. The first-order chi connectivity index (χ1) is 13.6. The zero-order chi connectivity index (χ0) is 19.9. The highest BCUT2D eigenvalue weighted by Gasteiger charge is 2.29. The standard InChI is InChI=1S/C22H27N3O3/c1-15(16-9-11-20(12-10-16)25-21(26)17-7-8-17)24-22(27)23-13-18-5-3-4-6-19(18)14-28-2/h3-6,9-12,15,17H,7-8,13-14H2,1-2H3,(H,25,26)(H2,23,24,27). The van der Waals surface area contributed by atoms with Crippen molar-refractivity contribution in [2.24, 2.45) is 5.92 Å². The molecule has 2 aromatic rings. The largest absolute Gasteiger partial charge is 0.380 e. The average molecular weight is 381 g/mol. The molecule has 0 heterocycles. The Hall–Kier alpha value is -2.86. The van der Waals surface area contributed by atoms with Gasteiger partial charge in [-0.05, 0) is 48.6 Å². The molecule has 3 amide bonds. The molecule has 28 heavy (non-hydrogen) atoms. The minimum atomic E-state index is -0.231. The molecule has 1 saturated carbocycles. The molecule has 3 rings (SSSR count). The predicted octanol–water partition coefficient (Wildman–Crippen LogP) is 3.74. The second kappa shape index (κ2) is 9.37. The Balaban J connectivity index is 1.49. The van der Waals surface area contributed by atoms with Gasteiger partial charge in [0.05, 0.1) is 12.6 Å². The molecular weight excluding hydrogens is 354 g/mol. The number of carbonyl (C=O) groups is 2. The van der Waals surface area contributed by atoms with Crippen LogP contribution in [0.5, 0.6) is 0 Å². The Kier molecular flexibility index (Phi) is 6.66. The molecule has 2 aromatic carbocycles. The SMILES string of the molecule is COCc1ccccc1CNC(=O)NC(C)c1ccc(NC(=O)C2CC2)cc1. The molecule has 0 aliphatic heterocycles. The normalized spacial score (nSPS) is 14.2. The fourth-order valence-corrected chi connectivity index (χ4v) is 2.98. The van der Waals surface area contributed by atoms with Gasteiger partial charge in [0.25, 0.3) is 0 Å². The maximum Gasteiger partial charge on any atom is 0.315 e. The van der Waals surface area contributed by atoms with Crippen LogP contribution in [0.4, 0.5) is 10.5 Å². The highest BCUT2D eigenvalue weighted by atomic mass is 16.5. The second-order valence-corrected chi connectivity index (χ2v) is 7.14. The molecule has 0 saturated heterocycles. The van der Waals surface area contributed by atoms with Gasteiger partial charge in [0, 0.05) is 25.3 Å². The number of nitrogens with one attached hydrogen (secondary N) is 3. The van der Waals surface area contributed by atoms with Gasteiger partial charge in [-0.2, -0.15) is 0 Å². The smallest absolute Gasteiger partial charge is 0.315 e. The fourth-order valence-electron chi connectivity index (χ4n) is 2.98. The first-order valence-electron chi connectivity index (χ1n) is 9.57. The molecule has 1 aliphatic rings. The molecule has 1 unspecified atom stereocenters. The average Bonchev–Trinajstić information content (AvgIpc) is 3.53. The Morgan fingerprint density at radius 3 is 2.39 bits per heavy atom. The number of rotatable bonds is 8. The first kappa shape index (κ1) is 19.9. The van der Waals surface area contributed by atoms with E-state index in [-0.39, 0.29) is 23.9 Å². The Labute approximate surface area is 165 Å². The van der Waals surface area contributed by atoms with E-state index in [0.717, 1.165) is 35.2 Å². The van der Waals surface area contributed by atoms with Crippen LogP contribution in [0.25, 0.3) is 0 Å². The molecule has 148 valence electrons. The van der Waals surface area contributed by atoms with Gasteiger partial charge < -0.3 is 20.7 Å². The van der Waals surface area contributed by atoms with E-state index in [1.54, 1.807) is 7.11 Å². The van der Waals surface area contributed by atoms with Crippen molar-refractivity contribution in [1.29, 1.82) is 0 Å². The predicted molar refractivity (Wildman–Crippen MR) is 109 cm³/mol. The van der Waals surface area contributed by atoms with Gasteiger partial charge in [0.15, 0.2) is 0 Å². The third-order valence-electron chi connectivity index (χ3n) is 4.83. The maximum absolute atomic E-state index is 12.3. The number of hydrogen-bond donors (Lipinski definition) is 3. The van der Waals surface area contributed by atoms with Crippen LogP contribution in [0, 0.1) is 5.92 Å². The van der Waals surface area contributed by atoms with E-state index >= 15 is 0 Å². The van der Waals surface area contributed by atoms with Crippen molar-refractivity contribution in [2.75, 3.05) is 12.4 Å². The van der Waals surface area contributed by atoms with Gasteiger partial charge >= 0.3 is 6.03 Å². The lowest BCUT2D eigenvalue weighted by atomic mass is 10.1. The number of amides is 3. The maximum atomic E-state index is 12.3. The zero-order valence-electron chi connectivity index (χ0n) is 16.3. The van der Waals surface area contributed by atoms with Crippen LogP contribution in [0.2, 0.25) is 0 Å². The molecule has 1 atom stereocenters. The van der Waals surface area contributed by atoms with Crippen molar-refractivity contribution in [3.05, 3.63) is 65.2 Å². The Morgan fingerprint density at radius 1 is 1.07 bits per heavy atom. The van der Waals surface area contributed by atoms with Gasteiger partial charge in [-0.25, -0.2) is 4.79 Å². The first-order valence-corrected chi connectivity index (χ1v) is 9.57. The third-order valence-corrected chi connectivity index (χ3v) is 4.83. The summed E-state index contributed by atoms with van der Waals surface area (Å²) in [7, 11) is 1.65. The lowest BCUT2D eigenvalue weighted by Gasteiger charge is -2.16.